The van der Waals surface area contributed by atoms with Crippen LogP contribution in [-0.4, -0.2) is 46.4 Å². The van der Waals surface area contributed by atoms with E-state index in [0.717, 1.165) is 9.54 Å². The van der Waals surface area contributed by atoms with Gasteiger partial charge in [0.2, 0.25) is 0 Å². The molecule has 2 N–H and O–H groups in total. The van der Waals surface area contributed by atoms with Crippen LogP contribution < -0.4 is 5.32 Å². The number of aryl methyl sites for hydroxylation is 1. The van der Waals surface area contributed by atoms with E-state index in [4.69, 9.17) is 0 Å². The molecule has 4 rings (SSSR count). The fraction of sp³-hybridized carbons (Fsp3) is 0.130. The van der Waals surface area contributed by atoms with E-state index in [2.05, 4.69) is 15.3 Å². The number of carboxylic acids is 1. The van der Waals surface area contributed by atoms with Gasteiger partial charge in [-0.1, -0.05) is 17.7 Å². The molecule has 0 unspecified atom stereocenters. The van der Waals surface area contributed by atoms with Gasteiger partial charge in [-0.3, -0.25) is 4.79 Å². The first-order chi connectivity index (χ1) is 15.7. The van der Waals surface area contributed by atoms with Crippen LogP contribution in [0, 0.1) is 6.92 Å². The third-order valence-electron chi connectivity index (χ3n) is 5.18. The van der Waals surface area contributed by atoms with E-state index < -0.39 is 21.9 Å². The van der Waals surface area contributed by atoms with E-state index in [1.165, 1.54) is 31.6 Å². The number of rotatable bonds is 6. The first-order valence-corrected chi connectivity index (χ1v) is 11.4. The van der Waals surface area contributed by atoms with Crippen LogP contribution in [0.4, 0.5) is 0 Å². The average Bonchev–Trinajstić information content (AvgIpc) is 3.25. The zero-order valence-electron chi connectivity index (χ0n) is 17.8. The van der Waals surface area contributed by atoms with Gasteiger partial charge in [0.15, 0.2) is 5.65 Å². The molecule has 9 nitrogen and oxygen atoms in total. The second-order valence-corrected chi connectivity index (χ2v) is 9.25. The van der Waals surface area contributed by atoms with Crippen molar-refractivity contribution in [1.29, 1.82) is 0 Å². The van der Waals surface area contributed by atoms with Gasteiger partial charge in [-0.05, 0) is 48.9 Å². The molecule has 0 bridgehead atoms. The summed E-state index contributed by atoms with van der Waals surface area (Å²) in [7, 11) is -2.43. The molecule has 10 heteroatoms. The molecule has 0 aliphatic carbocycles. The van der Waals surface area contributed by atoms with Gasteiger partial charge < -0.3 is 10.4 Å². The number of benzene rings is 1. The lowest BCUT2D eigenvalue weighted by atomic mass is 10.1. The Labute approximate surface area is 189 Å². The van der Waals surface area contributed by atoms with Crippen molar-refractivity contribution in [3.63, 3.8) is 0 Å². The van der Waals surface area contributed by atoms with E-state index in [1.807, 2.05) is 6.92 Å². The normalized spacial score (nSPS) is 11.5. The first kappa shape index (κ1) is 22.2. The van der Waals surface area contributed by atoms with Gasteiger partial charge >= 0.3 is 5.97 Å². The number of aromatic carboxylic acids is 1. The highest BCUT2D eigenvalue weighted by Gasteiger charge is 2.21. The highest BCUT2D eigenvalue weighted by atomic mass is 32.2. The molecule has 0 saturated carbocycles. The van der Waals surface area contributed by atoms with Gasteiger partial charge in [0.25, 0.3) is 15.9 Å². The number of carbonyl (C=O) groups is 2. The number of fused-ring (bicyclic) bond motifs is 1. The summed E-state index contributed by atoms with van der Waals surface area (Å²) < 4.78 is 27.4. The molecule has 0 spiro atoms. The van der Waals surface area contributed by atoms with Crippen molar-refractivity contribution >= 4 is 32.9 Å². The maximum Gasteiger partial charge on any atom is 0.335 e. The number of pyridine rings is 2. The predicted octanol–water partition coefficient (Wildman–Crippen LogP) is 2.63. The molecule has 1 amide bonds. The largest absolute Gasteiger partial charge is 0.478 e. The second-order valence-electron chi connectivity index (χ2n) is 7.43. The van der Waals surface area contributed by atoms with Gasteiger partial charge in [-0.25, -0.2) is 27.2 Å². The van der Waals surface area contributed by atoms with Gasteiger partial charge in [0.05, 0.1) is 10.5 Å². The van der Waals surface area contributed by atoms with Crippen molar-refractivity contribution in [1.82, 2.24) is 19.3 Å². The van der Waals surface area contributed by atoms with Crippen LogP contribution in [0.1, 0.15) is 37.7 Å². The van der Waals surface area contributed by atoms with Crippen molar-refractivity contribution in [3.8, 4) is 0 Å². The molecular weight excluding hydrogens is 444 g/mol. The standard InChI is InChI=1S/C23H20N4O5S/c1-14-3-5-18(6-4-14)33(31,32)27-10-8-19-15(7-9-25-21(19)27)11-17-12-16(23(29)30)13-20(26-17)22(28)24-2/h3-10,12-13H,11H2,1-2H3,(H,24,28)(H,29,30). The number of nitrogens with zero attached hydrogens (tertiary/aromatic N) is 3. The molecule has 0 aliphatic heterocycles. The molecule has 3 aromatic heterocycles. The molecule has 0 fully saturated rings. The SMILES string of the molecule is CNC(=O)c1cc(C(=O)O)cc(Cc2ccnc3c2ccn3S(=O)(=O)c2ccc(C)cc2)n1. The summed E-state index contributed by atoms with van der Waals surface area (Å²) in [5, 5.41) is 12.4. The molecule has 1 aromatic carbocycles. The Hall–Kier alpha value is -4.05. The minimum absolute atomic E-state index is 0.0165. The van der Waals surface area contributed by atoms with Crippen molar-refractivity contribution in [2.45, 2.75) is 18.2 Å². The summed E-state index contributed by atoms with van der Waals surface area (Å²) in [6.45, 7) is 1.87. The van der Waals surface area contributed by atoms with E-state index in [9.17, 15) is 23.1 Å². The molecular formula is C23H20N4O5S. The van der Waals surface area contributed by atoms with Crippen molar-refractivity contribution in [3.05, 3.63) is 89.0 Å². The van der Waals surface area contributed by atoms with Gasteiger partial charge in [-0.2, -0.15) is 0 Å². The highest BCUT2D eigenvalue weighted by Crippen LogP contribution is 2.25. The number of amides is 1. The topological polar surface area (TPSA) is 131 Å². The van der Waals surface area contributed by atoms with Crippen molar-refractivity contribution in [2.24, 2.45) is 0 Å². The molecule has 0 radical (unpaired) electrons. The Morgan fingerprint density at radius 1 is 1.09 bits per heavy atom. The zero-order chi connectivity index (χ0) is 23.8. The zero-order valence-corrected chi connectivity index (χ0v) is 18.6. The summed E-state index contributed by atoms with van der Waals surface area (Å²) in [6.07, 6.45) is 3.10. The Balaban J connectivity index is 1.78. The third kappa shape index (κ3) is 4.20. The maximum absolute atomic E-state index is 13.2. The Kier molecular flexibility index (Phi) is 5.69. The fourth-order valence-electron chi connectivity index (χ4n) is 3.48. The van der Waals surface area contributed by atoms with Crippen LogP contribution in [0.25, 0.3) is 11.0 Å². The van der Waals surface area contributed by atoms with E-state index in [0.29, 0.717) is 16.6 Å². The second kappa shape index (κ2) is 8.47. The predicted molar refractivity (Wildman–Crippen MR) is 121 cm³/mol. The van der Waals surface area contributed by atoms with Gasteiger partial charge in [0.1, 0.15) is 5.69 Å². The average molecular weight is 465 g/mol. The molecule has 168 valence electrons. The number of carbonyl (C=O) groups excluding carboxylic acids is 1. The number of hydrogen-bond donors (Lipinski definition) is 2. The number of nitrogens with one attached hydrogen (secondary N) is 1. The highest BCUT2D eigenvalue weighted by molar-refractivity contribution is 7.90. The van der Waals surface area contributed by atoms with Crippen LogP contribution in [0.15, 0.2) is 65.8 Å². The van der Waals surface area contributed by atoms with Crippen LogP contribution in [-0.2, 0) is 16.4 Å². The Morgan fingerprint density at radius 3 is 2.48 bits per heavy atom. The van der Waals surface area contributed by atoms with E-state index in [1.54, 1.807) is 36.4 Å². The number of carboxylic acid groups (broad SMARTS) is 1. The molecule has 0 atom stereocenters. The minimum atomic E-state index is -3.86. The molecule has 0 saturated heterocycles. The Bertz CT molecular complexity index is 1490. The molecule has 0 aliphatic rings. The molecule has 4 aromatic rings. The van der Waals surface area contributed by atoms with Crippen LogP contribution in [0.3, 0.4) is 0 Å². The van der Waals surface area contributed by atoms with Crippen molar-refractivity contribution in [2.75, 3.05) is 7.05 Å². The first-order valence-electron chi connectivity index (χ1n) is 9.94. The minimum Gasteiger partial charge on any atom is -0.478 e. The lowest BCUT2D eigenvalue weighted by molar-refractivity contribution is 0.0696. The number of aromatic nitrogens is 3. The van der Waals surface area contributed by atoms with Crippen molar-refractivity contribution < 1.29 is 23.1 Å². The maximum atomic E-state index is 13.2. The smallest absolute Gasteiger partial charge is 0.335 e. The van der Waals surface area contributed by atoms with E-state index in [-0.39, 0.29) is 28.2 Å². The van der Waals surface area contributed by atoms with Crippen LogP contribution in [0.2, 0.25) is 0 Å². The van der Waals surface area contributed by atoms with Gasteiger partial charge in [-0.15, -0.1) is 0 Å². The van der Waals surface area contributed by atoms with Gasteiger partial charge in [0, 0.05) is 36.9 Å². The van der Waals surface area contributed by atoms with Crippen LogP contribution in [0.5, 0.6) is 0 Å². The molecule has 33 heavy (non-hydrogen) atoms. The summed E-state index contributed by atoms with van der Waals surface area (Å²) in [4.78, 5) is 32.2. The monoisotopic (exact) mass is 464 g/mol. The Morgan fingerprint density at radius 2 is 1.82 bits per heavy atom. The lowest BCUT2D eigenvalue weighted by Gasteiger charge is -2.09. The summed E-state index contributed by atoms with van der Waals surface area (Å²) in [5.41, 5.74) is 2.15. The number of hydrogen-bond acceptors (Lipinski definition) is 6. The van der Waals surface area contributed by atoms with E-state index >= 15 is 0 Å². The third-order valence-corrected chi connectivity index (χ3v) is 6.86. The summed E-state index contributed by atoms with van der Waals surface area (Å²) in [5.74, 6) is -1.69. The fourth-order valence-corrected chi connectivity index (χ4v) is 4.79. The summed E-state index contributed by atoms with van der Waals surface area (Å²) in [6, 6.07) is 12.5. The molecule has 3 heterocycles. The summed E-state index contributed by atoms with van der Waals surface area (Å²) >= 11 is 0. The quantitative estimate of drug-likeness (QED) is 0.448. The lowest BCUT2D eigenvalue weighted by Crippen LogP contribution is -2.20. The van der Waals surface area contributed by atoms with Crippen LogP contribution >= 0.6 is 0 Å².